The molecule has 2 aromatic rings. The van der Waals surface area contributed by atoms with Gasteiger partial charge in [-0.3, -0.25) is 0 Å². The molecular weight excluding hydrogens is 226 g/mol. The zero-order valence-electron chi connectivity index (χ0n) is 8.67. The summed E-state index contributed by atoms with van der Waals surface area (Å²) in [6.07, 6.45) is 0. The largest absolute Gasteiger partial charge is 0.508 e. The summed E-state index contributed by atoms with van der Waals surface area (Å²) in [5, 5.41) is 21.5. The number of benzene rings is 1. The molecule has 84 valence electrons. The van der Waals surface area contributed by atoms with Crippen molar-refractivity contribution in [3.63, 3.8) is 0 Å². The summed E-state index contributed by atoms with van der Waals surface area (Å²) in [6.45, 7) is 0.462. The van der Waals surface area contributed by atoms with Gasteiger partial charge in [0.05, 0.1) is 12.3 Å². The summed E-state index contributed by atoms with van der Waals surface area (Å²) in [5.74, 6) is 0.0582. The first kappa shape index (κ1) is 10.9. The second kappa shape index (κ2) is 4.51. The van der Waals surface area contributed by atoms with E-state index in [9.17, 15) is 10.2 Å². The number of hydrogen-bond donors (Lipinski definition) is 2. The van der Waals surface area contributed by atoms with E-state index in [2.05, 4.69) is 4.98 Å². The monoisotopic (exact) mass is 237 g/mol. The Morgan fingerprint density at radius 2 is 2.19 bits per heavy atom. The third-order valence-corrected chi connectivity index (χ3v) is 2.90. The third-order valence-electron chi connectivity index (χ3n) is 2.08. The minimum absolute atomic E-state index is 0.0225. The fourth-order valence-corrected chi connectivity index (χ4v) is 2.13. The Bertz CT molecular complexity index is 496. The van der Waals surface area contributed by atoms with Gasteiger partial charge in [-0.25, -0.2) is 4.98 Å². The summed E-state index contributed by atoms with van der Waals surface area (Å²) >= 11 is 1.47. The Morgan fingerprint density at radius 1 is 1.38 bits per heavy atom. The van der Waals surface area contributed by atoms with Crippen LogP contribution in [0.15, 0.2) is 23.6 Å². The Kier molecular flexibility index (Phi) is 3.07. The van der Waals surface area contributed by atoms with Crippen LogP contribution in [0, 0.1) is 0 Å². The quantitative estimate of drug-likeness (QED) is 0.860. The lowest BCUT2D eigenvalue weighted by atomic mass is 10.1. The molecule has 1 aromatic carbocycles. The van der Waals surface area contributed by atoms with E-state index >= 15 is 0 Å². The van der Waals surface area contributed by atoms with E-state index in [1.807, 2.05) is 5.38 Å². The summed E-state index contributed by atoms with van der Waals surface area (Å²) in [6, 6.07) is 4.45. The number of phenols is 2. The molecular formula is C11H11NO3S. The molecule has 0 saturated heterocycles. The average Bonchev–Trinajstić information content (AvgIpc) is 2.67. The van der Waals surface area contributed by atoms with E-state index in [-0.39, 0.29) is 11.5 Å². The van der Waals surface area contributed by atoms with Gasteiger partial charge in [0.1, 0.15) is 16.5 Å². The van der Waals surface area contributed by atoms with Crippen molar-refractivity contribution in [1.82, 2.24) is 4.98 Å². The van der Waals surface area contributed by atoms with Crippen molar-refractivity contribution >= 4 is 11.3 Å². The first-order chi connectivity index (χ1) is 7.70. The second-order valence-electron chi connectivity index (χ2n) is 3.26. The van der Waals surface area contributed by atoms with Crippen molar-refractivity contribution in [1.29, 1.82) is 0 Å². The van der Waals surface area contributed by atoms with Crippen molar-refractivity contribution < 1.29 is 14.9 Å². The smallest absolute Gasteiger partial charge is 0.128 e. The number of aromatic hydroxyl groups is 2. The van der Waals surface area contributed by atoms with E-state index in [0.29, 0.717) is 17.9 Å². The molecule has 0 atom stereocenters. The van der Waals surface area contributed by atoms with Crippen molar-refractivity contribution in [3.05, 3.63) is 28.6 Å². The van der Waals surface area contributed by atoms with Gasteiger partial charge in [0.25, 0.3) is 0 Å². The van der Waals surface area contributed by atoms with Gasteiger partial charge >= 0.3 is 0 Å². The van der Waals surface area contributed by atoms with E-state index in [1.165, 1.54) is 23.5 Å². The van der Waals surface area contributed by atoms with Crippen LogP contribution in [-0.2, 0) is 11.3 Å². The molecule has 0 radical (unpaired) electrons. The van der Waals surface area contributed by atoms with Crippen LogP contribution < -0.4 is 0 Å². The highest BCUT2D eigenvalue weighted by Crippen LogP contribution is 2.32. The lowest BCUT2D eigenvalue weighted by Crippen LogP contribution is -1.86. The molecule has 1 heterocycles. The Labute approximate surface area is 96.8 Å². The van der Waals surface area contributed by atoms with Crippen LogP contribution in [0.25, 0.3) is 11.3 Å². The first-order valence-corrected chi connectivity index (χ1v) is 5.54. The van der Waals surface area contributed by atoms with Gasteiger partial charge in [0, 0.05) is 24.1 Å². The summed E-state index contributed by atoms with van der Waals surface area (Å²) in [4.78, 5) is 4.31. The van der Waals surface area contributed by atoms with Crippen molar-refractivity contribution in [2.45, 2.75) is 6.61 Å². The number of phenolic OH excluding ortho intramolecular Hbond substituents is 2. The number of ether oxygens (including phenoxy) is 1. The molecule has 1 aromatic heterocycles. The van der Waals surface area contributed by atoms with Crippen LogP contribution in [0.1, 0.15) is 5.01 Å². The van der Waals surface area contributed by atoms with Gasteiger partial charge in [-0.2, -0.15) is 0 Å². The number of methoxy groups -OCH3 is 1. The number of aromatic nitrogens is 1. The molecule has 0 aliphatic heterocycles. The molecule has 16 heavy (non-hydrogen) atoms. The molecule has 0 amide bonds. The molecule has 5 heteroatoms. The number of rotatable bonds is 3. The Morgan fingerprint density at radius 3 is 2.88 bits per heavy atom. The highest BCUT2D eigenvalue weighted by atomic mass is 32.1. The van der Waals surface area contributed by atoms with Crippen molar-refractivity contribution in [2.24, 2.45) is 0 Å². The predicted molar refractivity (Wildman–Crippen MR) is 61.6 cm³/mol. The summed E-state index contributed by atoms with van der Waals surface area (Å²) < 4.78 is 4.97. The third kappa shape index (κ3) is 2.15. The van der Waals surface area contributed by atoms with Crippen LogP contribution in [-0.4, -0.2) is 22.3 Å². The molecule has 0 saturated carbocycles. The van der Waals surface area contributed by atoms with E-state index in [0.717, 1.165) is 5.01 Å². The minimum atomic E-state index is 0.0225. The van der Waals surface area contributed by atoms with Crippen molar-refractivity contribution in [2.75, 3.05) is 7.11 Å². The van der Waals surface area contributed by atoms with Crippen LogP contribution in [0.3, 0.4) is 0 Å². The minimum Gasteiger partial charge on any atom is -0.508 e. The van der Waals surface area contributed by atoms with Gasteiger partial charge in [-0.15, -0.1) is 11.3 Å². The molecule has 0 fully saturated rings. The first-order valence-electron chi connectivity index (χ1n) is 4.66. The van der Waals surface area contributed by atoms with Crippen LogP contribution in [0.5, 0.6) is 11.5 Å². The molecule has 4 nitrogen and oxygen atoms in total. The second-order valence-corrected chi connectivity index (χ2v) is 4.20. The van der Waals surface area contributed by atoms with E-state index in [1.54, 1.807) is 13.2 Å². The molecule has 0 aliphatic carbocycles. The maximum atomic E-state index is 9.66. The van der Waals surface area contributed by atoms with Crippen LogP contribution >= 0.6 is 11.3 Å². The molecule has 0 bridgehead atoms. The molecule has 0 spiro atoms. The Balaban J connectivity index is 2.35. The normalized spacial score (nSPS) is 10.6. The predicted octanol–water partition coefficient (Wildman–Crippen LogP) is 2.37. The van der Waals surface area contributed by atoms with Crippen LogP contribution in [0.4, 0.5) is 0 Å². The molecule has 0 aliphatic rings. The van der Waals surface area contributed by atoms with E-state index in [4.69, 9.17) is 4.74 Å². The van der Waals surface area contributed by atoms with Gasteiger partial charge in [0.15, 0.2) is 0 Å². The Hall–Kier alpha value is -1.59. The topological polar surface area (TPSA) is 62.6 Å². The summed E-state index contributed by atoms with van der Waals surface area (Å²) in [7, 11) is 1.61. The lowest BCUT2D eigenvalue weighted by Gasteiger charge is -2.01. The van der Waals surface area contributed by atoms with Crippen LogP contribution in [0.2, 0.25) is 0 Å². The number of nitrogens with zero attached hydrogens (tertiary/aromatic N) is 1. The number of hydrogen-bond acceptors (Lipinski definition) is 5. The zero-order valence-corrected chi connectivity index (χ0v) is 9.49. The highest BCUT2D eigenvalue weighted by Gasteiger charge is 2.09. The standard InChI is InChI=1S/C11H11NO3S/c1-15-5-11-12-9(6-16-11)8-3-2-7(13)4-10(8)14/h2-4,6,13-14H,5H2,1H3. The zero-order chi connectivity index (χ0) is 11.5. The fourth-order valence-electron chi connectivity index (χ4n) is 1.36. The maximum Gasteiger partial charge on any atom is 0.128 e. The van der Waals surface area contributed by atoms with Gasteiger partial charge in [-0.05, 0) is 12.1 Å². The van der Waals surface area contributed by atoms with E-state index < -0.39 is 0 Å². The molecule has 2 N–H and O–H groups in total. The fraction of sp³-hybridized carbons (Fsp3) is 0.182. The number of thiazole rings is 1. The maximum absolute atomic E-state index is 9.66. The SMILES string of the molecule is COCc1nc(-c2ccc(O)cc2O)cs1. The summed E-state index contributed by atoms with van der Waals surface area (Å²) in [5.41, 5.74) is 1.30. The average molecular weight is 237 g/mol. The van der Waals surface area contributed by atoms with Gasteiger partial charge in [-0.1, -0.05) is 0 Å². The molecule has 0 unspecified atom stereocenters. The highest BCUT2D eigenvalue weighted by molar-refractivity contribution is 7.09. The van der Waals surface area contributed by atoms with Gasteiger partial charge < -0.3 is 14.9 Å². The lowest BCUT2D eigenvalue weighted by molar-refractivity contribution is 0.184. The molecule has 2 rings (SSSR count). The van der Waals surface area contributed by atoms with Crippen molar-refractivity contribution in [3.8, 4) is 22.8 Å². The van der Waals surface area contributed by atoms with Gasteiger partial charge in [0.2, 0.25) is 0 Å².